The fraction of sp³-hybridized carbons (Fsp3) is 0.231. The van der Waals surface area contributed by atoms with Gasteiger partial charge in [0.25, 0.3) is 5.91 Å². The highest BCUT2D eigenvalue weighted by Gasteiger charge is 2.31. The number of ether oxygens (including phenoxy) is 2. The molecule has 2 N–H and O–H groups in total. The fourth-order valence-corrected chi connectivity index (χ4v) is 3.61. The standard InChI is InChI=1S/C26H27ClN2O5/c1-33-21-13-11-19(12-14-21)17-29(24(31)18-34-23-10-6-5-9-22(23)27)25(26(32)28-15-16-30)20-7-3-2-4-8-20/h2-14,25,30H,15-18H2,1H3,(H,28,32)/t25-/m1/s1. The van der Waals surface area contributed by atoms with E-state index < -0.39 is 17.9 Å². The van der Waals surface area contributed by atoms with Gasteiger partial charge in [-0.2, -0.15) is 0 Å². The topological polar surface area (TPSA) is 88.1 Å². The highest BCUT2D eigenvalue weighted by Crippen LogP contribution is 2.26. The molecule has 0 saturated heterocycles. The first-order chi connectivity index (χ1) is 16.5. The van der Waals surface area contributed by atoms with Gasteiger partial charge in [0, 0.05) is 13.1 Å². The first-order valence-electron chi connectivity index (χ1n) is 10.8. The lowest BCUT2D eigenvalue weighted by Crippen LogP contribution is -2.45. The molecule has 34 heavy (non-hydrogen) atoms. The average molecular weight is 483 g/mol. The van der Waals surface area contributed by atoms with Gasteiger partial charge < -0.3 is 24.8 Å². The van der Waals surface area contributed by atoms with Crippen molar-refractivity contribution in [3.63, 3.8) is 0 Å². The van der Waals surface area contributed by atoms with Crippen molar-refractivity contribution >= 4 is 23.4 Å². The minimum absolute atomic E-state index is 0.0723. The number of halogens is 1. The van der Waals surface area contributed by atoms with Crippen molar-refractivity contribution in [2.45, 2.75) is 12.6 Å². The van der Waals surface area contributed by atoms with Gasteiger partial charge in [-0.1, -0.05) is 66.2 Å². The number of aliphatic hydroxyl groups is 1. The van der Waals surface area contributed by atoms with Crippen LogP contribution < -0.4 is 14.8 Å². The number of methoxy groups -OCH3 is 1. The highest BCUT2D eigenvalue weighted by atomic mass is 35.5. The minimum Gasteiger partial charge on any atom is -0.497 e. The maximum absolute atomic E-state index is 13.5. The van der Waals surface area contributed by atoms with Crippen LogP contribution in [-0.2, 0) is 16.1 Å². The Morgan fingerprint density at radius 1 is 1.00 bits per heavy atom. The van der Waals surface area contributed by atoms with Crippen LogP contribution in [0.25, 0.3) is 0 Å². The van der Waals surface area contributed by atoms with Gasteiger partial charge >= 0.3 is 0 Å². The Morgan fingerprint density at radius 3 is 2.32 bits per heavy atom. The van der Waals surface area contributed by atoms with E-state index in [-0.39, 0.29) is 26.3 Å². The molecule has 0 radical (unpaired) electrons. The van der Waals surface area contributed by atoms with Gasteiger partial charge in [-0.15, -0.1) is 0 Å². The van der Waals surface area contributed by atoms with Crippen LogP contribution in [-0.4, -0.2) is 48.7 Å². The molecule has 0 unspecified atom stereocenters. The molecular formula is C26H27ClN2O5. The third kappa shape index (κ3) is 6.73. The second-order valence-corrected chi connectivity index (χ2v) is 7.82. The molecule has 0 aliphatic carbocycles. The lowest BCUT2D eigenvalue weighted by molar-refractivity contribution is -0.143. The second-order valence-electron chi connectivity index (χ2n) is 7.42. The van der Waals surface area contributed by atoms with E-state index in [2.05, 4.69) is 5.32 Å². The number of benzene rings is 3. The summed E-state index contributed by atoms with van der Waals surface area (Å²) in [4.78, 5) is 28.1. The summed E-state index contributed by atoms with van der Waals surface area (Å²) in [5, 5.41) is 12.3. The monoisotopic (exact) mass is 482 g/mol. The number of carbonyl (C=O) groups is 2. The van der Waals surface area contributed by atoms with Crippen LogP contribution in [0.1, 0.15) is 17.2 Å². The van der Waals surface area contributed by atoms with Crippen molar-refractivity contribution in [1.82, 2.24) is 10.2 Å². The van der Waals surface area contributed by atoms with Crippen LogP contribution in [0.3, 0.4) is 0 Å². The number of hydrogen-bond donors (Lipinski definition) is 2. The van der Waals surface area contributed by atoms with Crippen LogP contribution in [0.15, 0.2) is 78.9 Å². The Balaban J connectivity index is 1.93. The molecule has 7 nitrogen and oxygen atoms in total. The number of nitrogens with zero attached hydrogens (tertiary/aromatic N) is 1. The van der Waals surface area contributed by atoms with Gasteiger partial charge in [0.1, 0.15) is 17.5 Å². The molecule has 0 spiro atoms. The van der Waals surface area contributed by atoms with Crippen LogP contribution in [0.4, 0.5) is 0 Å². The molecule has 0 fully saturated rings. The molecule has 8 heteroatoms. The Bertz CT molecular complexity index is 1080. The maximum Gasteiger partial charge on any atom is 0.261 e. The summed E-state index contributed by atoms with van der Waals surface area (Å²) in [5.41, 5.74) is 1.44. The van der Waals surface area contributed by atoms with Crippen molar-refractivity contribution < 1.29 is 24.2 Å². The first kappa shape index (κ1) is 25.1. The van der Waals surface area contributed by atoms with Crippen molar-refractivity contribution in [3.05, 3.63) is 95.0 Å². The third-order valence-corrected chi connectivity index (χ3v) is 5.42. The van der Waals surface area contributed by atoms with E-state index in [0.717, 1.165) is 5.56 Å². The highest BCUT2D eigenvalue weighted by molar-refractivity contribution is 6.32. The average Bonchev–Trinajstić information content (AvgIpc) is 2.87. The lowest BCUT2D eigenvalue weighted by atomic mass is 10.0. The van der Waals surface area contributed by atoms with Gasteiger partial charge in [0.2, 0.25) is 5.91 Å². The van der Waals surface area contributed by atoms with Crippen LogP contribution in [0.5, 0.6) is 11.5 Å². The van der Waals surface area contributed by atoms with Gasteiger partial charge in [0.15, 0.2) is 6.61 Å². The van der Waals surface area contributed by atoms with Crippen molar-refractivity contribution in [3.8, 4) is 11.5 Å². The summed E-state index contributed by atoms with van der Waals surface area (Å²) >= 11 is 6.16. The summed E-state index contributed by atoms with van der Waals surface area (Å²) in [6.45, 7) is -0.296. The van der Waals surface area contributed by atoms with E-state index in [4.69, 9.17) is 21.1 Å². The van der Waals surface area contributed by atoms with E-state index in [1.165, 1.54) is 4.90 Å². The molecule has 0 aliphatic heterocycles. The molecule has 0 heterocycles. The molecular weight excluding hydrogens is 456 g/mol. The summed E-state index contributed by atoms with van der Waals surface area (Å²) in [5.74, 6) is 0.260. The first-order valence-corrected chi connectivity index (χ1v) is 11.1. The molecule has 178 valence electrons. The third-order valence-electron chi connectivity index (χ3n) is 5.11. The van der Waals surface area contributed by atoms with E-state index in [9.17, 15) is 14.7 Å². The quantitative estimate of drug-likeness (QED) is 0.436. The summed E-state index contributed by atoms with van der Waals surface area (Å²) in [6.07, 6.45) is 0. The number of aliphatic hydroxyl groups excluding tert-OH is 1. The van der Waals surface area contributed by atoms with E-state index in [1.54, 1.807) is 67.8 Å². The summed E-state index contributed by atoms with van der Waals surface area (Å²) in [7, 11) is 1.58. The largest absolute Gasteiger partial charge is 0.497 e. The van der Waals surface area contributed by atoms with Gasteiger partial charge in [-0.3, -0.25) is 9.59 Å². The summed E-state index contributed by atoms with van der Waals surface area (Å²) in [6, 6.07) is 22.2. The Morgan fingerprint density at radius 2 is 1.68 bits per heavy atom. The van der Waals surface area contributed by atoms with Gasteiger partial charge in [0.05, 0.1) is 18.7 Å². The SMILES string of the molecule is COc1ccc(CN(C(=O)COc2ccccc2Cl)[C@@H](C(=O)NCCO)c2ccccc2)cc1. The summed E-state index contributed by atoms with van der Waals surface area (Å²) < 4.78 is 10.9. The Labute approximate surface area is 203 Å². The molecule has 3 aromatic rings. The molecule has 2 amide bonds. The van der Waals surface area contributed by atoms with E-state index in [0.29, 0.717) is 22.1 Å². The zero-order valence-electron chi connectivity index (χ0n) is 18.8. The molecule has 0 aromatic heterocycles. The van der Waals surface area contributed by atoms with E-state index in [1.807, 2.05) is 18.2 Å². The number of nitrogens with one attached hydrogen (secondary N) is 1. The van der Waals surface area contributed by atoms with Crippen LogP contribution in [0.2, 0.25) is 5.02 Å². The molecule has 0 saturated carbocycles. The number of amides is 2. The Kier molecular flexibility index (Phi) is 9.31. The zero-order valence-corrected chi connectivity index (χ0v) is 19.6. The van der Waals surface area contributed by atoms with Gasteiger partial charge in [-0.25, -0.2) is 0 Å². The predicted molar refractivity (Wildman–Crippen MR) is 130 cm³/mol. The number of carbonyl (C=O) groups excluding carboxylic acids is 2. The number of rotatable bonds is 11. The lowest BCUT2D eigenvalue weighted by Gasteiger charge is -2.31. The van der Waals surface area contributed by atoms with Gasteiger partial charge in [-0.05, 0) is 35.4 Å². The molecule has 0 bridgehead atoms. The van der Waals surface area contributed by atoms with Crippen molar-refractivity contribution in [1.29, 1.82) is 0 Å². The van der Waals surface area contributed by atoms with Crippen molar-refractivity contribution in [2.75, 3.05) is 26.9 Å². The van der Waals surface area contributed by atoms with Crippen molar-refractivity contribution in [2.24, 2.45) is 0 Å². The van der Waals surface area contributed by atoms with E-state index >= 15 is 0 Å². The fourth-order valence-electron chi connectivity index (χ4n) is 3.42. The predicted octanol–water partition coefficient (Wildman–Crippen LogP) is 3.61. The zero-order chi connectivity index (χ0) is 24.3. The Hall–Kier alpha value is -3.55. The molecule has 3 rings (SSSR count). The molecule has 3 aromatic carbocycles. The molecule has 0 aliphatic rings. The normalized spacial score (nSPS) is 11.4. The molecule has 1 atom stereocenters. The van der Waals surface area contributed by atoms with Crippen LogP contribution >= 0.6 is 11.6 Å². The maximum atomic E-state index is 13.5. The number of para-hydroxylation sites is 1. The number of hydrogen-bond acceptors (Lipinski definition) is 5. The second kappa shape index (κ2) is 12.6. The van der Waals surface area contributed by atoms with Crippen LogP contribution in [0, 0.1) is 0 Å². The smallest absolute Gasteiger partial charge is 0.261 e. The minimum atomic E-state index is -0.933.